The molecule has 0 amide bonds. The highest BCUT2D eigenvalue weighted by molar-refractivity contribution is 4.71. The lowest BCUT2D eigenvalue weighted by Crippen LogP contribution is -2.33. The van der Waals surface area contributed by atoms with Crippen LogP contribution in [0.2, 0.25) is 0 Å². The number of aliphatic hydroxyl groups excluding tert-OH is 1. The Hall–Kier alpha value is -0.120. The van der Waals surface area contributed by atoms with Crippen LogP contribution in [0.4, 0.5) is 0 Å². The van der Waals surface area contributed by atoms with Crippen LogP contribution >= 0.6 is 0 Å². The molecule has 3 heteroatoms. The molecule has 0 aromatic rings. The van der Waals surface area contributed by atoms with Crippen LogP contribution in [0.25, 0.3) is 0 Å². The summed E-state index contributed by atoms with van der Waals surface area (Å²) < 4.78 is 5.81. The lowest BCUT2D eigenvalue weighted by atomic mass is 9.92. The van der Waals surface area contributed by atoms with Gasteiger partial charge in [-0.15, -0.1) is 0 Å². The fraction of sp³-hybridized carbons (Fsp3) is 1.00. The molecule has 1 rings (SSSR count). The standard InChI is InChI=1S/C15H31NO2/c1-12-6-3-4-8-14(9-5-7-12)13(2)18-11-15(16)10-17/h12-15,17H,3-11,16H2,1-2H3. The summed E-state index contributed by atoms with van der Waals surface area (Å²) in [7, 11) is 0. The Morgan fingerprint density at radius 1 is 1.17 bits per heavy atom. The van der Waals surface area contributed by atoms with E-state index in [0.29, 0.717) is 12.5 Å². The summed E-state index contributed by atoms with van der Waals surface area (Å²) in [5.74, 6) is 1.56. The van der Waals surface area contributed by atoms with Gasteiger partial charge in [0.1, 0.15) is 0 Å². The van der Waals surface area contributed by atoms with Crippen molar-refractivity contribution in [3.8, 4) is 0 Å². The van der Waals surface area contributed by atoms with Crippen LogP contribution in [-0.2, 0) is 4.74 Å². The topological polar surface area (TPSA) is 55.5 Å². The molecule has 0 aromatic carbocycles. The Morgan fingerprint density at radius 2 is 1.78 bits per heavy atom. The van der Waals surface area contributed by atoms with Crippen LogP contribution in [0.3, 0.4) is 0 Å². The van der Waals surface area contributed by atoms with E-state index in [9.17, 15) is 0 Å². The van der Waals surface area contributed by atoms with Gasteiger partial charge in [0, 0.05) is 0 Å². The average Bonchev–Trinajstić information content (AvgIpc) is 2.47. The number of aliphatic hydroxyl groups is 1. The summed E-state index contributed by atoms with van der Waals surface area (Å²) in [6, 6.07) is -0.233. The van der Waals surface area contributed by atoms with Crippen LogP contribution in [0, 0.1) is 11.8 Å². The van der Waals surface area contributed by atoms with Crippen molar-refractivity contribution in [1.29, 1.82) is 0 Å². The van der Waals surface area contributed by atoms with Gasteiger partial charge in [-0.3, -0.25) is 0 Å². The molecule has 3 nitrogen and oxygen atoms in total. The quantitative estimate of drug-likeness (QED) is 0.796. The van der Waals surface area contributed by atoms with Gasteiger partial charge in [-0.25, -0.2) is 0 Å². The van der Waals surface area contributed by atoms with Gasteiger partial charge < -0.3 is 15.6 Å². The molecule has 3 N–H and O–H groups in total. The van der Waals surface area contributed by atoms with E-state index in [4.69, 9.17) is 15.6 Å². The Labute approximate surface area is 112 Å². The number of hydrogen-bond donors (Lipinski definition) is 2. The van der Waals surface area contributed by atoms with Crippen molar-refractivity contribution in [3.63, 3.8) is 0 Å². The Balaban J connectivity index is 2.32. The predicted octanol–water partition coefficient (Wildman–Crippen LogP) is 2.71. The third-order valence-corrected chi connectivity index (χ3v) is 4.27. The number of hydrogen-bond acceptors (Lipinski definition) is 3. The van der Waals surface area contributed by atoms with Gasteiger partial charge in [-0.1, -0.05) is 39.0 Å². The summed E-state index contributed by atoms with van der Waals surface area (Å²) >= 11 is 0. The van der Waals surface area contributed by atoms with Crippen LogP contribution < -0.4 is 5.73 Å². The first-order valence-electron chi connectivity index (χ1n) is 7.61. The minimum Gasteiger partial charge on any atom is -0.395 e. The molecular formula is C15H31NO2. The number of nitrogens with two attached hydrogens (primary N) is 1. The summed E-state index contributed by atoms with van der Waals surface area (Å²) in [6.45, 7) is 5.02. The van der Waals surface area contributed by atoms with Gasteiger partial charge in [0.15, 0.2) is 0 Å². The van der Waals surface area contributed by atoms with E-state index < -0.39 is 0 Å². The monoisotopic (exact) mass is 257 g/mol. The zero-order valence-electron chi connectivity index (χ0n) is 12.1. The SMILES string of the molecule is CC1CCCCC(C(C)OCC(N)CO)CCC1. The van der Waals surface area contributed by atoms with Gasteiger partial charge in [0.2, 0.25) is 0 Å². The molecular weight excluding hydrogens is 226 g/mol. The zero-order chi connectivity index (χ0) is 13.4. The second-order valence-electron chi connectivity index (χ2n) is 6.06. The minimum atomic E-state index is -0.233. The molecule has 1 aliphatic carbocycles. The van der Waals surface area contributed by atoms with Crippen LogP contribution in [-0.4, -0.2) is 30.5 Å². The largest absolute Gasteiger partial charge is 0.395 e. The molecule has 4 atom stereocenters. The predicted molar refractivity (Wildman–Crippen MR) is 75.4 cm³/mol. The molecule has 0 heterocycles. The van der Waals surface area contributed by atoms with Gasteiger partial charge in [-0.05, 0) is 31.6 Å². The van der Waals surface area contributed by atoms with E-state index in [1.807, 2.05) is 0 Å². The molecule has 0 bridgehead atoms. The second-order valence-corrected chi connectivity index (χ2v) is 6.06. The third kappa shape index (κ3) is 6.17. The molecule has 18 heavy (non-hydrogen) atoms. The molecule has 0 aliphatic heterocycles. The first kappa shape index (κ1) is 15.9. The smallest absolute Gasteiger partial charge is 0.0643 e. The van der Waals surface area contributed by atoms with E-state index in [0.717, 1.165) is 5.92 Å². The van der Waals surface area contributed by atoms with Crippen LogP contribution in [0.5, 0.6) is 0 Å². The summed E-state index contributed by atoms with van der Waals surface area (Å²) in [5.41, 5.74) is 5.67. The lowest BCUT2D eigenvalue weighted by molar-refractivity contribution is 0.00450. The fourth-order valence-corrected chi connectivity index (χ4v) is 2.85. The molecule has 1 saturated carbocycles. The molecule has 0 radical (unpaired) electrons. The van der Waals surface area contributed by atoms with Crippen molar-refractivity contribution >= 4 is 0 Å². The molecule has 0 aromatic heterocycles. The summed E-state index contributed by atoms with van der Waals surface area (Å²) in [4.78, 5) is 0. The van der Waals surface area contributed by atoms with Gasteiger partial charge in [0.25, 0.3) is 0 Å². The third-order valence-electron chi connectivity index (χ3n) is 4.27. The highest BCUT2D eigenvalue weighted by atomic mass is 16.5. The van der Waals surface area contributed by atoms with Gasteiger partial charge >= 0.3 is 0 Å². The van der Waals surface area contributed by atoms with Crippen molar-refractivity contribution < 1.29 is 9.84 Å². The Kier molecular flexibility index (Phi) is 7.87. The molecule has 1 aliphatic rings. The van der Waals surface area contributed by atoms with Gasteiger partial charge in [-0.2, -0.15) is 0 Å². The van der Waals surface area contributed by atoms with Crippen molar-refractivity contribution in [3.05, 3.63) is 0 Å². The van der Waals surface area contributed by atoms with E-state index in [1.165, 1.54) is 44.9 Å². The highest BCUT2D eigenvalue weighted by Gasteiger charge is 2.20. The van der Waals surface area contributed by atoms with E-state index in [1.54, 1.807) is 0 Å². The summed E-state index contributed by atoms with van der Waals surface area (Å²) in [5, 5.41) is 8.90. The maximum atomic E-state index is 8.90. The van der Waals surface area contributed by atoms with Crippen molar-refractivity contribution in [2.45, 2.75) is 70.9 Å². The molecule has 0 spiro atoms. The number of rotatable bonds is 5. The summed E-state index contributed by atoms with van der Waals surface area (Å²) in [6.07, 6.45) is 9.59. The molecule has 1 fully saturated rings. The van der Waals surface area contributed by atoms with Crippen LogP contribution in [0.15, 0.2) is 0 Å². The average molecular weight is 257 g/mol. The first-order chi connectivity index (χ1) is 8.63. The number of ether oxygens (including phenoxy) is 1. The lowest BCUT2D eigenvalue weighted by Gasteiger charge is -2.25. The Bertz CT molecular complexity index is 211. The normalized spacial score (nSPS) is 30.0. The molecule has 108 valence electrons. The first-order valence-corrected chi connectivity index (χ1v) is 7.61. The van der Waals surface area contributed by atoms with Crippen molar-refractivity contribution in [2.75, 3.05) is 13.2 Å². The minimum absolute atomic E-state index is 0.00883. The maximum Gasteiger partial charge on any atom is 0.0643 e. The van der Waals surface area contributed by atoms with E-state index in [2.05, 4.69) is 13.8 Å². The maximum absolute atomic E-state index is 8.90. The van der Waals surface area contributed by atoms with Crippen molar-refractivity contribution in [2.24, 2.45) is 17.6 Å². The Morgan fingerprint density at radius 3 is 2.50 bits per heavy atom. The van der Waals surface area contributed by atoms with E-state index >= 15 is 0 Å². The second kappa shape index (κ2) is 8.89. The fourth-order valence-electron chi connectivity index (χ4n) is 2.85. The highest BCUT2D eigenvalue weighted by Crippen LogP contribution is 2.27. The molecule has 0 saturated heterocycles. The van der Waals surface area contributed by atoms with Gasteiger partial charge in [0.05, 0.1) is 25.4 Å². The van der Waals surface area contributed by atoms with Crippen molar-refractivity contribution in [1.82, 2.24) is 0 Å². The van der Waals surface area contributed by atoms with Crippen LogP contribution in [0.1, 0.15) is 58.8 Å². The van der Waals surface area contributed by atoms with E-state index in [-0.39, 0.29) is 18.8 Å². The zero-order valence-corrected chi connectivity index (χ0v) is 12.1. The molecule has 4 unspecified atom stereocenters.